The van der Waals surface area contributed by atoms with Gasteiger partial charge in [-0.15, -0.1) is 0 Å². The van der Waals surface area contributed by atoms with Crippen molar-refractivity contribution in [3.8, 4) is 23.1 Å². The topological polar surface area (TPSA) is 106 Å². The van der Waals surface area contributed by atoms with E-state index in [-0.39, 0.29) is 0 Å². The highest BCUT2D eigenvalue weighted by Crippen LogP contribution is 2.31. The molecule has 166 valence electrons. The lowest BCUT2D eigenvalue weighted by atomic mass is 10.1. The smallest absolute Gasteiger partial charge is 0.165 e. The number of allylic oxidation sites excluding steroid dienone is 2. The molecule has 0 fully saturated rings. The van der Waals surface area contributed by atoms with E-state index in [1.807, 2.05) is 73.9 Å². The number of aromatic nitrogens is 4. The average Bonchev–Trinajstić information content (AvgIpc) is 3.22. The summed E-state index contributed by atoms with van der Waals surface area (Å²) in [4.78, 5) is 18.0. The lowest BCUT2D eigenvalue weighted by Gasteiger charge is -2.11. The zero-order valence-corrected chi connectivity index (χ0v) is 19.5. The third-order valence-corrected chi connectivity index (χ3v) is 4.98. The zero-order valence-electron chi connectivity index (χ0n) is 19.5. The first-order valence-corrected chi connectivity index (χ1v) is 10.7. The van der Waals surface area contributed by atoms with Crippen LogP contribution in [0.2, 0.25) is 0 Å². The minimum Gasteiger partial charge on any atom is -0.383 e. The summed E-state index contributed by atoms with van der Waals surface area (Å²) in [6.45, 7) is 7.79. The van der Waals surface area contributed by atoms with Gasteiger partial charge < -0.3 is 5.73 Å². The molecule has 7 nitrogen and oxygen atoms in total. The fraction of sp³-hybridized carbons (Fsp3) is 0.192. The minimum absolute atomic E-state index is 0.394. The molecule has 0 aliphatic heterocycles. The number of rotatable bonds is 4. The van der Waals surface area contributed by atoms with Crippen molar-refractivity contribution in [1.82, 2.24) is 19.5 Å². The van der Waals surface area contributed by atoms with E-state index in [1.54, 1.807) is 26.4 Å². The fourth-order valence-electron chi connectivity index (χ4n) is 3.38. The molecule has 7 heteroatoms. The maximum atomic E-state index is 9.41. The predicted octanol–water partition coefficient (Wildman–Crippen LogP) is 5.40. The van der Waals surface area contributed by atoms with E-state index in [1.165, 1.54) is 0 Å². The maximum absolute atomic E-state index is 9.41. The number of nitrogen functional groups attached to an aromatic ring is 1. The standard InChI is InChI=1S/C24H21N7.C2H6/c1-15-6-8-17(9-7-15)31-23(18-5-4-12-28-22(18)26)30-21-11-10-20(29-24(21)31)19(14-27-3)16(2)13-25;1-2/h4-12,14H,1-3H3,(H2,26,28);1-2H3/b19-16-,27-14?;. The van der Waals surface area contributed by atoms with Crippen molar-refractivity contribution >= 4 is 28.8 Å². The van der Waals surface area contributed by atoms with Gasteiger partial charge in [0.2, 0.25) is 0 Å². The number of pyridine rings is 2. The van der Waals surface area contributed by atoms with Crippen molar-refractivity contribution in [3.63, 3.8) is 0 Å². The zero-order chi connectivity index (χ0) is 24.0. The van der Waals surface area contributed by atoms with Gasteiger partial charge in [-0.05, 0) is 50.2 Å². The molecule has 0 aliphatic rings. The number of imidazole rings is 1. The number of aryl methyl sites for hydroxylation is 1. The van der Waals surface area contributed by atoms with Gasteiger partial charge in [0.1, 0.15) is 11.3 Å². The first kappa shape index (κ1) is 23.4. The van der Waals surface area contributed by atoms with E-state index >= 15 is 0 Å². The molecule has 4 aromatic rings. The van der Waals surface area contributed by atoms with Gasteiger partial charge in [-0.1, -0.05) is 31.5 Å². The average molecular weight is 438 g/mol. The van der Waals surface area contributed by atoms with Gasteiger partial charge in [0.15, 0.2) is 11.5 Å². The number of benzene rings is 1. The van der Waals surface area contributed by atoms with Crippen LogP contribution in [0.1, 0.15) is 32.0 Å². The lowest BCUT2D eigenvalue weighted by molar-refractivity contribution is 1.07. The Bertz CT molecular complexity index is 1370. The highest BCUT2D eigenvalue weighted by molar-refractivity contribution is 6.11. The Morgan fingerprint density at radius 1 is 1.09 bits per heavy atom. The Morgan fingerprint density at radius 3 is 2.45 bits per heavy atom. The van der Waals surface area contributed by atoms with Crippen molar-refractivity contribution in [3.05, 3.63) is 71.6 Å². The van der Waals surface area contributed by atoms with Crippen LogP contribution in [0.3, 0.4) is 0 Å². The molecule has 0 bridgehead atoms. The summed E-state index contributed by atoms with van der Waals surface area (Å²) >= 11 is 0. The van der Waals surface area contributed by atoms with E-state index in [9.17, 15) is 5.26 Å². The summed E-state index contributed by atoms with van der Waals surface area (Å²) in [5.41, 5.74) is 12.2. The quantitative estimate of drug-likeness (QED) is 0.340. The van der Waals surface area contributed by atoms with E-state index in [2.05, 4.69) is 16.0 Å². The summed E-state index contributed by atoms with van der Waals surface area (Å²) in [7, 11) is 1.67. The van der Waals surface area contributed by atoms with Crippen LogP contribution < -0.4 is 5.73 Å². The van der Waals surface area contributed by atoms with Gasteiger partial charge in [-0.25, -0.2) is 15.0 Å². The highest BCUT2D eigenvalue weighted by atomic mass is 15.1. The molecule has 4 rings (SSSR count). The molecule has 1 aromatic carbocycles. The molecule has 0 aliphatic carbocycles. The highest BCUT2D eigenvalue weighted by Gasteiger charge is 2.19. The summed E-state index contributed by atoms with van der Waals surface area (Å²) in [5, 5.41) is 9.41. The number of nitrogens with zero attached hydrogens (tertiary/aromatic N) is 6. The number of fused-ring (bicyclic) bond motifs is 1. The lowest BCUT2D eigenvalue weighted by Crippen LogP contribution is -2.03. The Kier molecular flexibility index (Phi) is 7.31. The van der Waals surface area contributed by atoms with Gasteiger partial charge in [-0.2, -0.15) is 5.26 Å². The molecule has 2 N–H and O–H groups in total. The number of nitriles is 1. The van der Waals surface area contributed by atoms with E-state index in [0.29, 0.717) is 39.6 Å². The van der Waals surface area contributed by atoms with Crippen LogP contribution in [0.15, 0.2) is 65.3 Å². The SMILES string of the molecule is CC.CN=C/C(=C(\C)C#N)c1ccc2nc(-c3cccnc3N)n(-c3ccc(C)cc3)c2n1. The molecule has 0 amide bonds. The van der Waals surface area contributed by atoms with Crippen molar-refractivity contribution in [2.75, 3.05) is 12.8 Å². The molecule has 0 spiro atoms. The third-order valence-electron chi connectivity index (χ3n) is 4.98. The first-order valence-electron chi connectivity index (χ1n) is 10.7. The molecule has 3 aromatic heterocycles. The summed E-state index contributed by atoms with van der Waals surface area (Å²) in [5.74, 6) is 1.05. The van der Waals surface area contributed by atoms with Gasteiger partial charge in [-0.3, -0.25) is 9.56 Å². The molecule has 33 heavy (non-hydrogen) atoms. The van der Waals surface area contributed by atoms with E-state index < -0.39 is 0 Å². The second kappa shape index (κ2) is 10.3. The van der Waals surface area contributed by atoms with Crippen LogP contribution in [0, 0.1) is 18.3 Å². The molecular formula is C26H27N7. The Balaban J connectivity index is 0.00000149. The molecule has 0 atom stereocenters. The van der Waals surface area contributed by atoms with Crippen molar-refractivity contribution in [2.45, 2.75) is 27.7 Å². The number of nitrogens with two attached hydrogens (primary N) is 1. The summed E-state index contributed by atoms with van der Waals surface area (Å²) in [6, 6.07) is 17.8. The van der Waals surface area contributed by atoms with Gasteiger partial charge in [0.05, 0.1) is 17.3 Å². The Hall–Kier alpha value is -4.31. The van der Waals surface area contributed by atoms with E-state index in [0.717, 1.165) is 16.8 Å². The first-order chi connectivity index (χ1) is 16.0. The van der Waals surface area contributed by atoms with Crippen LogP contribution >= 0.6 is 0 Å². The molecule has 0 saturated heterocycles. The second-order valence-electron chi connectivity index (χ2n) is 7.12. The summed E-state index contributed by atoms with van der Waals surface area (Å²) in [6.07, 6.45) is 3.30. The minimum atomic E-state index is 0.394. The summed E-state index contributed by atoms with van der Waals surface area (Å²) < 4.78 is 1.97. The molecule has 3 heterocycles. The normalized spacial score (nSPS) is 11.6. The maximum Gasteiger partial charge on any atom is 0.165 e. The predicted molar refractivity (Wildman–Crippen MR) is 135 cm³/mol. The monoisotopic (exact) mass is 437 g/mol. The van der Waals surface area contributed by atoms with Crippen molar-refractivity contribution in [2.24, 2.45) is 4.99 Å². The number of hydrogen-bond acceptors (Lipinski definition) is 6. The Morgan fingerprint density at radius 2 is 1.82 bits per heavy atom. The van der Waals surface area contributed by atoms with Gasteiger partial charge >= 0.3 is 0 Å². The second-order valence-corrected chi connectivity index (χ2v) is 7.12. The van der Waals surface area contributed by atoms with Gasteiger partial charge in [0.25, 0.3) is 0 Å². The number of anilines is 1. The van der Waals surface area contributed by atoms with Crippen LogP contribution in [-0.2, 0) is 0 Å². The largest absolute Gasteiger partial charge is 0.383 e. The van der Waals surface area contributed by atoms with Crippen LogP contribution in [0.4, 0.5) is 5.82 Å². The van der Waals surface area contributed by atoms with E-state index in [4.69, 9.17) is 15.7 Å². The Labute approximate surface area is 194 Å². The fourth-order valence-corrected chi connectivity index (χ4v) is 3.38. The number of hydrogen-bond donors (Lipinski definition) is 1. The number of aliphatic imine (C=N–C) groups is 1. The van der Waals surface area contributed by atoms with Crippen molar-refractivity contribution in [1.29, 1.82) is 5.26 Å². The van der Waals surface area contributed by atoms with Crippen molar-refractivity contribution < 1.29 is 0 Å². The molecular weight excluding hydrogens is 410 g/mol. The van der Waals surface area contributed by atoms with Crippen LogP contribution in [0.5, 0.6) is 0 Å². The molecule has 0 saturated carbocycles. The van der Waals surface area contributed by atoms with Crippen LogP contribution in [0.25, 0.3) is 33.8 Å². The van der Waals surface area contributed by atoms with Crippen LogP contribution in [-0.4, -0.2) is 32.8 Å². The molecule has 0 unspecified atom stereocenters. The third kappa shape index (κ3) is 4.65. The van der Waals surface area contributed by atoms with Gasteiger partial charge in [0, 0.05) is 36.3 Å². The molecule has 0 radical (unpaired) electrons.